The molecule has 1 heterocycles. The van der Waals surface area contributed by atoms with Crippen molar-refractivity contribution in [2.45, 2.75) is 18.7 Å². The highest BCUT2D eigenvalue weighted by molar-refractivity contribution is 7.89. The average molecular weight is 384 g/mol. The molecule has 0 unspecified atom stereocenters. The second-order valence-corrected chi connectivity index (χ2v) is 8.69. The number of carbonyl (C=O) groups is 1. The van der Waals surface area contributed by atoms with Crippen molar-refractivity contribution in [1.82, 2.24) is 10.3 Å². The van der Waals surface area contributed by atoms with Crippen LogP contribution < -0.4 is 10.9 Å². The van der Waals surface area contributed by atoms with E-state index in [1.165, 1.54) is 6.26 Å². The van der Waals surface area contributed by atoms with Crippen molar-refractivity contribution in [3.63, 3.8) is 0 Å². The first kappa shape index (κ1) is 18.8. The lowest BCUT2D eigenvalue weighted by Crippen LogP contribution is -2.27. The van der Waals surface area contributed by atoms with Crippen LogP contribution in [-0.4, -0.2) is 25.6 Å². The van der Waals surface area contributed by atoms with Crippen LogP contribution in [0.25, 0.3) is 10.9 Å². The minimum absolute atomic E-state index is 0.0246. The van der Waals surface area contributed by atoms with Gasteiger partial charge in [0.15, 0.2) is 9.84 Å². The maximum absolute atomic E-state index is 12.2. The molecule has 0 saturated carbocycles. The lowest BCUT2D eigenvalue weighted by Gasteiger charge is -2.08. The lowest BCUT2D eigenvalue weighted by molar-refractivity contribution is -0.120. The molecular formula is C20H20N2O4S. The Morgan fingerprint density at radius 2 is 1.78 bits per heavy atom. The molecule has 6 nitrogen and oxygen atoms in total. The Hall–Kier alpha value is -2.93. The van der Waals surface area contributed by atoms with Crippen LogP contribution in [0.1, 0.15) is 16.7 Å². The van der Waals surface area contributed by atoms with E-state index in [1.54, 1.807) is 24.3 Å². The molecule has 0 atom stereocenters. The highest BCUT2D eigenvalue weighted by atomic mass is 32.2. The van der Waals surface area contributed by atoms with E-state index in [9.17, 15) is 18.0 Å². The number of nitrogens with one attached hydrogen (secondary N) is 2. The summed E-state index contributed by atoms with van der Waals surface area (Å²) < 4.78 is 22.8. The van der Waals surface area contributed by atoms with Crippen LogP contribution in [0.15, 0.2) is 59.4 Å². The van der Waals surface area contributed by atoms with E-state index in [0.29, 0.717) is 11.1 Å². The minimum Gasteiger partial charge on any atom is -0.352 e. The monoisotopic (exact) mass is 384 g/mol. The molecule has 0 aliphatic heterocycles. The van der Waals surface area contributed by atoms with Crippen molar-refractivity contribution in [1.29, 1.82) is 0 Å². The standard InChI is InChI=1S/C20H20N2O4S/c1-27(25,26)13-15-6-4-5-14(9-15)12-21-19(23)11-17-10-16-7-2-3-8-18(16)22-20(17)24/h2-10H,11-13H2,1H3,(H,21,23)(H,22,24). The van der Waals surface area contributed by atoms with Gasteiger partial charge >= 0.3 is 0 Å². The SMILES string of the molecule is CS(=O)(=O)Cc1cccc(CNC(=O)Cc2cc3ccccc3[nH]c2=O)c1. The summed E-state index contributed by atoms with van der Waals surface area (Å²) in [6, 6.07) is 16.2. The second-order valence-electron chi connectivity index (χ2n) is 6.55. The molecule has 140 valence electrons. The molecule has 0 aliphatic carbocycles. The largest absolute Gasteiger partial charge is 0.352 e. The van der Waals surface area contributed by atoms with Crippen molar-refractivity contribution in [2.75, 3.05) is 6.26 Å². The van der Waals surface area contributed by atoms with E-state index in [-0.39, 0.29) is 30.2 Å². The number of fused-ring (bicyclic) bond motifs is 1. The summed E-state index contributed by atoms with van der Waals surface area (Å²) in [5.41, 5.74) is 2.33. The fourth-order valence-corrected chi connectivity index (χ4v) is 3.68. The Morgan fingerprint density at radius 1 is 1.04 bits per heavy atom. The normalized spacial score (nSPS) is 11.4. The van der Waals surface area contributed by atoms with Gasteiger partial charge in [-0.05, 0) is 28.6 Å². The zero-order chi connectivity index (χ0) is 19.4. The predicted molar refractivity (Wildman–Crippen MR) is 105 cm³/mol. The van der Waals surface area contributed by atoms with Crippen molar-refractivity contribution in [3.8, 4) is 0 Å². The highest BCUT2D eigenvalue weighted by Gasteiger charge is 2.09. The van der Waals surface area contributed by atoms with Gasteiger partial charge in [-0.1, -0.05) is 42.5 Å². The van der Waals surface area contributed by atoms with Gasteiger partial charge < -0.3 is 10.3 Å². The van der Waals surface area contributed by atoms with Crippen LogP contribution in [-0.2, 0) is 33.4 Å². The third kappa shape index (κ3) is 5.27. The van der Waals surface area contributed by atoms with E-state index in [2.05, 4.69) is 10.3 Å². The topological polar surface area (TPSA) is 96.1 Å². The number of rotatable bonds is 6. The van der Waals surface area contributed by atoms with Crippen LogP contribution in [0.5, 0.6) is 0 Å². The van der Waals surface area contributed by atoms with E-state index >= 15 is 0 Å². The number of pyridine rings is 1. The number of H-pyrrole nitrogens is 1. The summed E-state index contributed by atoms with van der Waals surface area (Å²) in [6.45, 7) is 0.266. The number of amides is 1. The molecule has 3 aromatic rings. The van der Waals surface area contributed by atoms with Gasteiger partial charge in [-0.25, -0.2) is 8.42 Å². The molecule has 0 fully saturated rings. The molecule has 0 spiro atoms. The van der Waals surface area contributed by atoms with Crippen LogP contribution in [0.2, 0.25) is 0 Å². The maximum atomic E-state index is 12.2. The van der Waals surface area contributed by atoms with Gasteiger partial charge in [0.2, 0.25) is 5.91 Å². The minimum atomic E-state index is -3.11. The number of sulfone groups is 1. The number of hydrogen-bond donors (Lipinski definition) is 2. The Bertz CT molecular complexity index is 1150. The molecule has 1 amide bonds. The first-order valence-electron chi connectivity index (χ1n) is 8.43. The number of hydrogen-bond acceptors (Lipinski definition) is 4. The average Bonchev–Trinajstić information content (AvgIpc) is 2.59. The number of aromatic amines is 1. The van der Waals surface area contributed by atoms with Crippen LogP contribution in [0, 0.1) is 0 Å². The molecule has 0 saturated heterocycles. The molecule has 0 radical (unpaired) electrons. The van der Waals surface area contributed by atoms with E-state index in [0.717, 1.165) is 16.5 Å². The number of carbonyl (C=O) groups excluding carboxylic acids is 1. The zero-order valence-electron chi connectivity index (χ0n) is 14.9. The molecule has 3 rings (SSSR count). The Labute approximate surface area is 157 Å². The fraction of sp³-hybridized carbons (Fsp3) is 0.200. The van der Waals surface area contributed by atoms with Crippen LogP contribution >= 0.6 is 0 Å². The maximum Gasteiger partial charge on any atom is 0.252 e. The van der Waals surface area contributed by atoms with Gasteiger partial charge in [-0.3, -0.25) is 9.59 Å². The van der Waals surface area contributed by atoms with Crippen LogP contribution in [0.4, 0.5) is 0 Å². The summed E-state index contributed by atoms with van der Waals surface area (Å²) in [5.74, 6) is -0.314. The molecular weight excluding hydrogens is 364 g/mol. The summed E-state index contributed by atoms with van der Waals surface area (Å²) in [7, 11) is -3.11. The van der Waals surface area contributed by atoms with E-state index < -0.39 is 9.84 Å². The zero-order valence-corrected chi connectivity index (χ0v) is 15.7. The summed E-state index contributed by atoms with van der Waals surface area (Å²) >= 11 is 0. The molecule has 2 N–H and O–H groups in total. The number of benzene rings is 2. The molecule has 0 aliphatic rings. The lowest BCUT2D eigenvalue weighted by atomic mass is 10.1. The van der Waals surface area contributed by atoms with Crippen molar-refractivity contribution in [3.05, 3.63) is 81.6 Å². The summed E-state index contributed by atoms with van der Waals surface area (Å²) in [4.78, 5) is 27.1. The number of aromatic nitrogens is 1. The van der Waals surface area contributed by atoms with Crippen molar-refractivity contribution >= 4 is 26.6 Å². The van der Waals surface area contributed by atoms with Gasteiger partial charge in [-0.15, -0.1) is 0 Å². The smallest absolute Gasteiger partial charge is 0.252 e. The van der Waals surface area contributed by atoms with Gasteiger partial charge in [0.05, 0.1) is 12.2 Å². The van der Waals surface area contributed by atoms with Crippen molar-refractivity contribution < 1.29 is 13.2 Å². The Balaban J connectivity index is 1.66. The van der Waals surface area contributed by atoms with Gasteiger partial charge in [0.1, 0.15) is 0 Å². The third-order valence-corrected chi connectivity index (χ3v) is 4.95. The van der Waals surface area contributed by atoms with Crippen molar-refractivity contribution in [2.24, 2.45) is 0 Å². The third-order valence-electron chi connectivity index (χ3n) is 4.09. The van der Waals surface area contributed by atoms with Crippen LogP contribution in [0.3, 0.4) is 0 Å². The molecule has 7 heteroatoms. The van der Waals surface area contributed by atoms with E-state index in [1.807, 2.05) is 30.3 Å². The Morgan fingerprint density at radius 3 is 2.56 bits per heavy atom. The predicted octanol–water partition coefficient (Wildman–Crippen LogP) is 1.93. The van der Waals surface area contributed by atoms with Gasteiger partial charge in [0.25, 0.3) is 5.56 Å². The summed E-state index contributed by atoms with van der Waals surface area (Å²) in [5, 5.41) is 3.64. The molecule has 2 aromatic carbocycles. The molecule has 1 aromatic heterocycles. The first-order valence-corrected chi connectivity index (χ1v) is 10.5. The van der Waals surface area contributed by atoms with Gasteiger partial charge in [-0.2, -0.15) is 0 Å². The van der Waals surface area contributed by atoms with Gasteiger partial charge in [0, 0.05) is 23.9 Å². The number of para-hydroxylation sites is 1. The first-order chi connectivity index (χ1) is 12.8. The highest BCUT2D eigenvalue weighted by Crippen LogP contribution is 2.11. The summed E-state index contributed by atoms with van der Waals surface area (Å²) in [6.07, 6.45) is 1.16. The fourth-order valence-electron chi connectivity index (χ4n) is 2.89. The van der Waals surface area contributed by atoms with E-state index in [4.69, 9.17) is 0 Å². The molecule has 0 bridgehead atoms. The second kappa shape index (κ2) is 7.75. The quantitative estimate of drug-likeness (QED) is 0.679. The molecule has 27 heavy (non-hydrogen) atoms. The Kier molecular flexibility index (Phi) is 5.41.